The lowest BCUT2D eigenvalue weighted by Crippen LogP contribution is -2.07. The molecule has 2 aromatic rings. The third-order valence-electron chi connectivity index (χ3n) is 3.07. The highest BCUT2D eigenvalue weighted by molar-refractivity contribution is 5.46. The summed E-state index contributed by atoms with van der Waals surface area (Å²) in [6, 6.07) is 8.28. The Morgan fingerprint density at radius 1 is 1.28 bits per heavy atom. The average Bonchev–Trinajstić information content (AvgIpc) is 2.72. The molecule has 0 atom stereocenters. The summed E-state index contributed by atoms with van der Waals surface area (Å²) in [4.78, 5) is 0. The molecule has 0 aliphatic heterocycles. The van der Waals surface area contributed by atoms with E-state index in [1.165, 1.54) is 5.56 Å². The lowest BCUT2D eigenvalue weighted by Gasteiger charge is -2.14. The van der Waals surface area contributed by atoms with E-state index in [1.54, 1.807) is 0 Å². The van der Waals surface area contributed by atoms with E-state index in [9.17, 15) is 0 Å². The molecule has 4 nitrogen and oxygen atoms in total. The molecule has 0 aliphatic rings. The number of anilines is 1. The first kappa shape index (κ1) is 12.6. The van der Waals surface area contributed by atoms with Crippen molar-refractivity contribution in [3.63, 3.8) is 0 Å². The average molecular weight is 244 g/mol. The first-order chi connectivity index (χ1) is 8.65. The summed E-state index contributed by atoms with van der Waals surface area (Å²) in [6.07, 6.45) is 1.92. The molecule has 2 N–H and O–H groups in total. The maximum absolute atomic E-state index is 5.90. The van der Waals surface area contributed by atoms with Crippen molar-refractivity contribution in [2.45, 2.75) is 39.5 Å². The molecule has 4 heteroatoms. The van der Waals surface area contributed by atoms with Crippen molar-refractivity contribution in [2.24, 2.45) is 0 Å². The van der Waals surface area contributed by atoms with Crippen LogP contribution < -0.4 is 5.73 Å². The Balaban J connectivity index is 2.55. The minimum atomic E-state index is 0.445. The van der Waals surface area contributed by atoms with Gasteiger partial charge in [-0.1, -0.05) is 50.6 Å². The van der Waals surface area contributed by atoms with E-state index in [0.29, 0.717) is 11.7 Å². The van der Waals surface area contributed by atoms with Gasteiger partial charge in [0.1, 0.15) is 0 Å². The summed E-state index contributed by atoms with van der Waals surface area (Å²) in [6.45, 7) is 6.49. The van der Waals surface area contributed by atoms with Crippen LogP contribution >= 0.6 is 0 Å². The summed E-state index contributed by atoms with van der Waals surface area (Å²) < 4.78 is 1.88. The van der Waals surface area contributed by atoms with Crippen molar-refractivity contribution in [2.75, 3.05) is 5.73 Å². The first-order valence-corrected chi connectivity index (χ1v) is 6.44. The standard InChI is InChI=1S/C14H20N4/c1-4-7-13-14(15)16-17-18(13)12-9-6-5-8-11(12)10(2)3/h5-6,8-10H,4,7,15H2,1-3H3. The Labute approximate surface area is 108 Å². The van der Waals surface area contributed by atoms with Crippen LogP contribution in [0.25, 0.3) is 5.69 Å². The normalized spacial score (nSPS) is 11.1. The van der Waals surface area contributed by atoms with Gasteiger partial charge in [-0.05, 0) is 24.0 Å². The Bertz CT molecular complexity index is 528. The van der Waals surface area contributed by atoms with Crippen LogP contribution in [-0.2, 0) is 6.42 Å². The summed E-state index contributed by atoms with van der Waals surface area (Å²) in [5.41, 5.74) is 9.25. The van der Waals surface area contributed by atoms with Crippen LogP contribution in [0, 0.1) is 0 Å². The zero-order chi connectivity index (χ0) is 13.1. The molecule has 0 fully saturated rings. The quantitative estimate of drug-likeness (QED) is 0.899. The number of rotatable bonds is 4. The fraction of sp³-hybridized carbons (Fsp3) is 0.429. The van der Waals surface area contributed by atoms with Crippen molar-refractivity contribution in [3.8, 4) is 5.69 Å². The number of benzene rings is 1. The van der Waals surface area contributed by atoms with E-state index in [-0.39, 0.29) is 0 Å². The molecule has 0 bridgehead atoms. The molecule has 0 aliphatic carbocycles. The monoisotopic (exact) mass is 244 g/mol. The smallest absolute Gasteiger partial charge is 0.169 e. The highest BCUT2D eigenvalue weighted by atomic mass is 15.4. The van der Waals surface area contributed by atoms with Gasteiger partial charge in [0.25, 0.3) is 0 Å². The molecule has 2 rings (SSSR count). The van der Waals surface area contributed by atoms with Crippen molar-refractivity contribution in [1.29, 1.82) is 0 Å². The van der Waals surface area contributed by atoms with Crippen molar-refractivity contribution < 1.29 is 0 Å². The maximum Gasteiger partial charge on any atom is 0.169 e. The number of nitrogen functional groups attached to an aromatic ring is 1. The van der Waals surface area contributed by atoms with Crippen LogP contribution in [0.1, 0.15) is 44.4 Å². The minimum absolute atomic E-state index is 0.445. The lowest BCUT2D eigenvalue weighted by atomic mass is 10.0. The third-order valence-corrected chi connectivity index (χ3v) is 3.07. The molecule has 0 radical (unpaired) electrons. The number of nitrogens with two attached hydrogens (primary N) is 1. The largest absolute Gasteiger partial charge is 0.381 e. The van der Waals surface area contributed by atoms with Crippen molar-refractivity contribution >= 4 is 5.82 Å². The number of aromatic nitrogens is 3. The number of para-hydroxylation sites is 1. The van der Waals surface area contributed by atoms with Gasteiger partial charge in [-0.15, -0.1) is 5.10 Å². The number of hydrogen-bond donors (Lipinski definition) is 1. The molecule has 0 saturated carbocycles. The van der Waals surface area contributed by atoms with Gasteiger partial charge in [-0.3, -0.25) is 0 Å². The van der Waals surface area contributed by atoms with Crippen molar-refractivity contribution in [3.05, 3.63) is 35.5 Å². The van der Waals surface area contributed by atoms with Gasteiger partial charge in [0, 0.05) is 0 Å². The highest BCUT2D eigenvalue weighted by Gasteiger charge is 2.14. The number of hydrogen-bond acceptors (Lipinski definition) is 3. The Morgan fingerprint density at radius 3 is 2.67 bits per heavy atom. The van der Waals surface area contributed by atoms with E-state index in [4.69, 9.17) is 5.73 Å². The maximum atomic E-state index is 5.90. The summed E-state index contributed by atoms with van der Waals surface area (Å²) in [7, 11) is 0. The fourth-order valence-corrected chi connectivity index (χ4v) is 2.15. The topological polar surface area (TPSA) is 56.7 Å². The molecule has 0 amide bonds. The van der Waals surface area contributed by atoms with Gasteiger partial charge < -0.3 is 5.73 Å². The zero-order valence-electron chi connectivity index (χ0n) is 11.2. The lowest BCUT2D eigenvalue weighted by molar-refractivity contribution is 0.727. The van der Waals surface area contributed by atoms with Gasteiger partial charge in [0.15, 0.2) is 5.82 Å². The predicted molar refractivity (Wildman–Crippen MR) is 73.9 cm³/mol. The summed E-state index contributed by atoms with van der Waals surface area (Å²) in [5, 5.41) is 8.19. The minimum Gasteiger partial charge on any atom is -0.381 e. The molecule has 0 saturated heterocycles. The third kappa shape index (κ3) is 2.23. The zero-order valence-corrected chi connectivity index (χ0v) is 11.2. The van der Waals surface area contributed by atoms with Gasteiger partial charge in [-0.2, -0.15) is 0 Å². The molecular weight excluding hydrogens is 224 g/mol. The Morgan fingerprint density at radius 2 is 2.00 bits per heavy atom. The Kier molecular flexibility index (Phi) is 3.65. The SMILES string of the molecule is CCCc1c(N)nnn1-c1ccccc1C(C)C. The molecular formula is C14H20N4. The van der Waals surface area contributed by atoms with Gasteiger partial charge in [0.2, 0.25) is 0 Å². The fourth-order valence-electron chi connectivity index (χ4n) is 2.15. The van der Waals surface area contributed by atoms with Gasteiger partial charge in [0.05, 0.1) is 11.4 Å². The molecule has 18 heavy (non-hydrogen) atoms. The van der Waals surface area contributed by atoms with E-state index in [1.807, 2.05) is 10.7 Å². The second-order valence-electron chi connectivity index (χ2n) is 4.80. The van der Waals surface area contributed by atoms with Crippen LogP contribution in [-0.4, -0.2) is 15.0 Å². The first-order valence-electron chi connectivity index (χ1n) is 6.44. The van der Waals surface area contributed by atoms with Crippen LogP contribution in [0.4, 0.5) is 5.82 Å². The van der Waals surface area contributed by atoms with Crippen LogP contribution in [0.15, 0.2) is 24.3 Å². The molecule has 0 unspecified atom stereocenters. The van der Waals surface area contributed by atoms with Crippen molar-refractivity contribution in [1.82, 2.24) is 15.0 Å². The second kappa shape index (κ2) is 5.21. The predicted octanol–water partition coefficient (Wildman–Crippen LogP) is 2.93. The van der Waals surface area contributed by atoms with Gasteiger partial charge >= 0.3 is 0 Å². The molecule has 0 spiro atoms. The molecule has 1 aromatic heterocycles. The van der Waals surface area contributed by atoms with E-state index < -0.39 is 0 Å². The second-order valence-corrected chi connectivity index (χ2v) is 4.80. The van der Waals surface area contributed by atoms with E-state index >= 15 is 0 Å². The molecule has 1 aromatic carbocycles. The van der Waals surface area contributed by atoms with Crippen LogP contribution in [0.2, 0.25) is 0 Å². The molecule has 96 valence electrons. The van der Waals surface area contributed by atoms with Crippen LogP contribution in [0.3, 0.4) is 0 Å². The van der Waals surface area contributed by atoms with Crippen LogP contribution in [0.5, 0.6) is 0 Å². The highest BCUT2D eigenvalue weighted by Crippen LogP contribution is 2.24. The van der Waals surface area contributed by atoms with E-state index in [0.717, 1.165) is 24.2 Å². The van der Waals surface area contributed by atoms with E-state index in [2.05, 4.69) is 49.3 Å². The summed E-state index contributed by atoms with van der Waals surface area (Å²) in [5.74, 6) is 0.983. The Hall–Kier alpha value is -1.84. The van der Waals surface area contributed by atoms with Gasteiger partial charge in [-0.25, -0.2) is 4.68 Å². The molecule has 1 heterocycles. The number of nitrogens with zero attached hydrogens (tertiary/aromatic N) is 3. The summed E-state index contributed by atoms with van der Waals surface area (Å²) >= 11 is 0.